The summed E-state index contributed by atoms with van der Waals surface area (Å²) in [5.41, 5.74) is 5.96. The van der Waals surface area contributed by atoms with Gasteiger partial charge in [0.1, 0.15) is 0 Å². The van der Waals surface area contributed by atoms with E-state index in [9.17, 15) is 0 Å². The molecule has 3 heteroatoms. The van der Waals surface area contributed by atoms with E-state index >= 15 is 0 Å². The molecule has 1 saturated heterocycles. The van der Waals surface area contributed by atoms with E-state index in [2.05, 4.69) is 24.4 Å². The third-order valence-electron chi connectivity index (χ3n) is 2.39. The predicted molar refractivity (Wildman–Crippen MR) is 52.6 cm³/mol. The largest absolute Gasteiger partial charge is 0.326 e. The molecule has 0 aromatic carbocycles. The topological polar surface area (TPSA) is 38.0 Å². The van der Waals surface area contributed by atoms with Crippen LogP contribution in [0, 0.1) is 6.92 Å². The summed E-state index contributed by atoms with van der Waals surface area (Å²) in [4.78, 5) is 2.81. The van der Waals surface area contributed by atoms with Crippen LogP contribution in [0.4, 0.5) is 0 Å². The van der Waals surface area contributed by atoms with Crippen LogP contribution in [-0.4, -0.2) is 19.1 Å². The fourth-order valence-corrected chi connectivity index (χ4v) is 2.72. The summed E-state index contributed by atoms with van der Waals surface area (Å²) in [5.74, 6) is 0.545. The number of rotatable bonds is 1. The first-order valence-electron chi connectivity index (χ1n) is 4.30. The number of thiophene rings is 1. The zero-order valence-corrected chi connectivity index (χ0v) is 8.03. The molecular formula is C9H14N2S. The number of hydrogen-bond acceptors (Lipinski definition) is 3. The second kappa shape index (κ2) is 3.17. The van der Waals surface area contributed by atoms with E-state index in [0.717, 1.165) is 13.1 Å². The van der Waals surface area contributed by atoms with Crippen molar-refractivity contribution in [3.05, 3.63) is 21.9 Å². The van der Waals surface area contributed by atoms with E-state index in [1.807, 2.05) is 11.3 Å². The van der Waals surface area contributed by atoms with Gasteiger partial charge in [-0.15, -0.1) is 11.3 Å². The maximum absolute atomic E-state index is 5.96. The molecule has 2 nitrogen and oxygen atoms in total. The van der Waals surface area contributed by atoms with Gasteiger partial charge in [0, 0.05) is 34.8 Å². The molecule has 2 rings (SSSR count). The molecule has 0 aliphatic carbocycles. The highest BCUT2D eigenvalue weighted by Crippen LogP contribution is 2.27. The van der Waals surface area contributed by atoms with Crippen molar-refractivity contribution >= 4 is 11.3 Å². The lowest BCUT2D eigenvalue weighted by atomic mass is 10.0. The molecule has 0 saturated carbocycles. The van der Waals surface area contributed by atoms with E-state index in [-0.39, 0.29) is 0 Å². The van der Waals surface area contributed by atoms with Crippen LogP contribution < -0.4 is 11.1 Å². The highest BCUT2D eigenvalue weighted by atomic mass is 32.1. The Morgan fingerprint density at radius 1 is 1.50 bits per heavy atom. The second-order valence-corrected chi connectivity index (χ2v) is 4.70. The molecule has 0 radical (unpaired) electrons. The normalized spacial score (nSPS) is 29.5. The molecule has 66 valence electrons. The molecule has 0 amide bonds. The lowest BCUT2D eigenvalue weighted by molar-refractivity contribution is 0.663. The van der Waals surface area contributed by atoms with Crippen LogP contribution in [-0.2, 0) is 0 Å². The Hall–Kier alpha value is -0.380. The van der Waals surface area contributed by atoms with Gasteiger partial charge in [0.25, 0.3) is 0 Å². The Kier molecular flexibility index (Phi) is 2.17. The average Bonchev–Trinajstić information content (AvgIpc) is 2.58. The quantitative estimate of drug-likeness (QED) is 0.682. The Balaban J connectivity index is 2.19. The fourth-order valence-electron chi connectivity index (χ4n) is 1.66. The Bertz CT molecular complexity index is 269. The minimum Gasteiger partial charge on any atom is -0.326 e. The van der Waals surface area contributed by atoms with Gasteiger partial charge in [-0.3, -0.25) is 0 Å². The van der Waals surface area contributed by atoms with Crippen molar-refractivity contribution in [2.45, 2.75) is 18.9 Å². The smallest absolute Gasteiger partial charge is 0.0255 e. The average molecular weight is 182 g/mol. The lowest BCUT2D eigenvalue weighted by Gasteiger charge is -2.10. The number of hydrogen-bond donors (Lipinski definition) is 2. The zero-order chi connectivity index (χ0) is 8.55. The first-order valence-corrected chi connectivity index (χ1v) is 5.11. The summed E-state index contributed by atoms with van der Waals surface area (Å²) in [6.07, 6.45) is 0. The number of aryl methyl sites for hydroxylation is 1. The van der Waals surface area contributed by atoms with Crippen LogP contribution in [0.5, 0.6) is 0 Å². The van der Waals surface area contributed by atoms with Crippen LogP contribution >= 0.6 is 11.3 Å². The molecule has 0 bridgehead atoms. The van der Waals surface area contributed by atoms with Gasteiger partial charge in [-0.25, -0.2) is 0 Å². The van der Waals surface area contributed by atoms with E-state index in [0.29, 0.717) is 12.0 Å². The third kappa shape index (κ3) is 1.40. The molecule has 1 aromatic heterocycles. The Labute approximate surface area is 76.8 Å². The minimum absolute atomic E-state index is 0.308. The molecule has 3 N–H and O–H groups in total. The van der Waals surface area contributed by atoms with Gasteiger partial charge in [-0.1, -0.05) is 0 Å². The summed E-state index contributed by atoms with van der Waals surface area (Å²) in [6, 6.07) is 4.69. The van der Waals surface area contributed by atoms with E-state index in [1.165, 1.54) is 9.75 Å². The fraction of sp³-hybridized carbons (Fsp3) is 0.556. The molecule has 2 atom stereocenters. The molecule has 2 heterocycles. The van der Waals surface area contributed by atoms with Crippen LogP contribution in [0.15, 0.2) is 12.1 Å². The minimum atomic E-state index is 0.308. The summed E-state index contributed by atoms with van der Waals surface area (Å²) < 4.78 is 0. The van der Waals surface area contributed by atoms with Gasteiger partial charge >= 0.3 is 0 Å². The Morgan fingerprint density at radius 2 is 2.33 bits per heavy atom. The summed E-state index contributed by atoms with van der Waals surface area (Å²) in [7, 11) is 0. The summed E-state index contributed by atoms with van der Waals surface area (Å²) in [5, 5.41) is 3.31. The second-order valence-electron chi connectivity index (χ2n) is 3.38. The van der Waals surface area contributed by atoms with Gasteiger partial charge in [0.2, 0.25) is 0 Å². The van der Waals surface area contributed by atoms with Gasteiger partial charge in [0.05, 0.1) is 0 Å². The van der Waals surface area contributed by atoms with Crippen LogP contribution in [0.3, 0.4) is 0 Å². The lowest BCUT2D eigenvalue weighted by Crippen LogP contribution is -2.27. The van der Waals surface area contributed by atoms with Gasteiger partial charge in [-0.2, -0.15) is 0 Å². The van der Waals surface area contributed by atoms with Crippen molar-refractivity contribution in [1.29, 1.82) is 0 Å². The third-order valence-corrected chi connectivity index (χ3v) is 3.52. The van der Waals surface area contributed by atoms with Crippen LogP contribution in [0.1, 0.15) is 15.7 Å². The Morgan fingerprint density at radius 3 is 2.83 bits per heavy atom. The molecule has 1 fully saturated rings. The van der Waals surface area contributed by atoms with Gasteiger partial charge < -0.3 is 11.1 Å². The van der Waals surface area contributed by atoms with E-state index in [4.69, 9.17) is 5.73 Å². The van der Waals surface area contributed by atoms with Crippen molar-refractivity contribution in [1.82, 2.24) is 5.32 Å². The predicted octanol–water partition coefficient (Wildman–Crippen LogP) is 1.07. The number of nitrogens with one attached hydrogen (secondary N) is 1. The standard InChI is InChI=1S/C9H14N2S/c1-6-2-3-9(12-6)7-4-11-5-8(7)10/h2-3,7-8,11H,4-5,10H2,1H3. The molecule has 1 aliphatic heterocycles. The summed E-state index contributed by atoms with van der Waals surface area (Å²) >= 11 is 1.87. The molecule has 12 heavy (non-hydrogen) atoms. The molecule has 1 aromatic rings. The summed E-state index contributed by atoms with van der Waals surface area (Å²) in [6.45, 7) is 4.14. The molecule has 2 unspecified atom stereocenters. The maximum atomic E-state index is 5.96. The van der Waals surface area contributed by atoms with Crippen molar-refractivity contribution in [3.8, 4) is 0 Å². The highest BCUT2D eigenvalue weighted by molar-refractivity contribution is 7.12. The van der Waals surface area contributed by atoms with Crippen molar-refractivity contribution in [3.63, 3.8) is 0 Å². The van der Waals surface area contributed by atoms with E-state index < -0.39 is 0 Å². The maximum Gasteiger partial charge on any atom is 0.0255 e. The first-order chi connectivity index (χ1) is 5.77. The molecule has 1 aliphatic rings. The van der Waals surface area contributed by atoms with Crippen molar-refractivity contribution in [2.24, 2.45) is 5.73 Å². The first kappa shape index (κ1) is 8.23. The van der Waals surface area contributed by atoms with E-state index in [1.54, 1.807) is 0 Å². The van der Waals surface area contributed by atoms with Gasteiger partial charge in [0.15, 0.2) is 0 Å². The van der Waals surface area contributed by atoms with Crippen molar-refractivity contribution in [2.75, 3.05) is 13.1 Å². The van der Waals surface area contributed by atoms with Crippen molar-refractivity contribution < 1.29 is 0 Å². The zero-order valence-electron chi connectivity index (χ0n) is 7.21. The molecular weight excluding hydrogens is 168 g/mol. The SMILES string of the molecule is Cc1ccc(C2CNCC2N)s1. The van der Waals surface area contributed by atoms with Crippen LogP contribution in [0.2, 0.25) is 0 Å². The molecule has 0 spiro atoms. The number of nitrogens with two attached hydrogens (primary N) is 1. The highest BCUT2D eigenvalue weighted by Gasteiger charge is 2.25. The monoisotopic (exact) mass is 182 g/mol. The van der Waals surface area contributed by atoms with Gasteiger partial charge in [-0.05, 0) is 19.1 Å². The van der Waals surface area contributed by atoms with Crippen LogP contribution in [0.25, 0.3) is 0 Å².